The number of nitrogens with zero attached hydrogens (tertiary/aromatic N) is 3. The quantitative estimate of drug-likeness (QED) is 0.634. The number of aryl methyl sites for hydroxylation is 1. The molecule has 1 saturated heterocycles. The first-order valence-electron chi connectivity index (χ1n) is 10.8. The van der Waals surface area contributed by atoms with Gasteiger partial charge in [0.15, 0.2) is 5.76 Å². The molecule has 0 bridgehead atoms. The van der Waals surface area contributed by atoms with Gasteiger partial charge in [-0.2, -0.15) is 0 Å². The van der Waals surface area contributed by atoms with Crippen molar-refractivity contribution in [1.29, 1.82) is 0 Å². The summed E-state index contributed by atoms with van der Waals surface area (Å²) < 4.78 is 6.02. The number of ether oxygens (including phenoxy) is 1. The summed E-state index contributed by atoms with van der Waals surface area (Å²) in [7, 11) is 0. The van der Waals surface area contributed by atoms with Crippen LogP contribution in [0.3, 0.4) is 0 Å². The molecule has 0 unspecified atom stereocenters. The zero-order valence-corrected chi connectivity index (χ0v) is 18.0. The molecule has 0 atom stereocenters. The van der Waals surface area contributed by atoms with Gasteiger partial charge in [0.25, 0.3) is 0 Å². The number of piperazine rings is 1. The molecule has 2 aliphatic heterocycles. The Labute approximate surface area is 187 Å². The van der Waals surface area contributed by atoms with E-state index in [1.807, 2.05) is 31.2 Å². The largest absolute Gasteiger partial charge is 0.507 e. The Kier molecular flexibility index (Phi) is 5.37. The van der Waals surface area contributed by atoms with Crippen LogP contribution in [0.15, 0.2) is 66.6 Å². The normalized spacial score (nSPS) is 17.5. The molecule has 0 spiro atoms. The van der Waals surface area contributed by atoms with Crippen molar-refractivity contribution in [2.45, 2.75) is 13.5 Å². The van der Waals surface area contributed by atoms with Crippen LogP contribution in [0.1, 0.15) is 27.2 Å². The van der Waals surface area contributed by atoms with Crippen molar-refractivity contribution in [2.24, 2.45) is 0 Å². The van der Waals surface area contributed by atoms with Gasteiger partial charge in [-0.1, -0.05) is 24.3 Å². The van der Waals surface area contributed by atoms with Crippen LogP contribution in [0.4, 0.5) is 5.69 Å². The first kappa shape index (κ1) is 20.3. The second kappa shape index (κ2) is 8.48. The second-order valence-corrected chi connectivity index (χ2v) is 8.19. The van der Waals surface area contributed by atoms with Gasteiger partial charge in [0, 0.05) is 50.7 Å². The van der Waals surface area contributed by atoms with Crippen molar-refractivity contribution in [3.63, 3.8) is 0 Å². The van der Waals surface area contributed by atoms with Crippen LogP contribution in [0.25, 0.3) is 6.08 Å². The lowest BCUT2D eigenvalue weighted by atomic mass is 9.99. The fraction of sp³-hybridized carbons (Fsp3) is 0.231. The lowest BCUT2D eigenvalue weighted by Gasteiger charge is -2.36. The first-order chi connectivity index (χ1) is 15.6. The number of Topliss-reactive ketones (excluding diaryl/α,β-unsaturated/α-hetero) is 1. The van der Waals surface area contributed by atoms with Crippen LogP contribution in [-0.2, 0) is 6.54 Å². The first-order valence-corrected chi connectivity index (χ1v) is 10.8. The molecule has 162 valence electrons. The van der Waals surface area contributed by atoms with E-state index in [1.54, 1.807) is 18.3 Å². The highest BCUT2D eigenvalue weighted by Gasteiger charge is 2.34. The smallest absolute Gasteiger partial charge is 0.232 e. The zero-order chi connectivity index (χ0) is 22.1. The van der Waals surface area contributed by atoms with E-state index in [4.69, 9.17) is 4.74 Å². The van der Waals surface area contributed by atoms with Crippen molar-refractivity contribution in [3.8, 4) is 11.5 Å². The summed E-state index contributed by atoms with van der Waals surface area (Å²) in [6.07, 6.45) is 3.33. The Morgan fingerprint density at radius 1 is 1.06 bits per heavy atom. The Morgan fingerprint density at radius 3 is 2.53 bits per heavy atom. The molecule has 0 radical (unpaired) electrons. The predicted octanol–water partition coefficient (Wildman–Crippen LogP) is 4.03. The van der Waals surface area contributed by atoms with Crippen LogP contribution in [0, 0.1) is 6.92 Å². The maximum atomic E-state index is 13.1. The Morgan fingerprint density at radius 2 is 1.81 bits per heavy atom. The minimum absolute atomic E-state index is 0.165. The highest BCUT2D eigenvalue weighted by molar-refractivity contribution is 6.15. The van der Waals surface area contributed by atoms with Crippen molar-refractivity contribution < 1.29 is 14.6 Å². The van der Waals surface area contributed by atoms with Crippen LogP contribution in [0.2, 0.25) is 0 Å². The van der Waals surface area contributed by atoms with Gasteiger partial charge in [0.05, 0.1) is 16.8 Å². The number of fused-ring (bicyclic) bond motifs is 1. The SMILES string of the molecule is Cc1cc(O)c(CN2CCN(c3ccccc3)CC2)c2c1C(=O)/C(=C/c1ccccn1)O2. The number of para-hydroxylation sites is 1. The number of allylic oxidation sites excluding steroid dienone is 1. The Hall–Kier alpha value is -3.64. The summed E-state index contributed by atoms with van der Waals surface area (Å²) in [5.74, 6) is 0.708. The number of phenols is 1. The average molecular weight is 428 g/mol. The van der Waals surface area contributed by atoms with Crippen LogP contribution >= 0.6 is 0 Å². The highest BCUT2D eigenvalue weighted by atomic mass is 16.5. The number of aromatic hydroxyl groups is 1. The number of aromatic nitrogens is 1. The van der Waals surface area contributed by atoms with E-state index >= 15 is 0 Å². The van der Waals surface area contributed by atoms with Crippen molar-refractivity contribution in [3.05, 3.63) is 88.9 Å². The fourth-order valence-electron chi connectivity index (χ4n) is 4.36. The van der Waals surface area contributed by atoms with E-state index in [-0.39, 0.29) is 17.3 Å². The summed E-state index contributed by atoms with van der Waals surface area (Å²) in [5.41, 5.74) is 3.79. The monoisotopic (exact) mass is 427 g/mol. The number of hydrogen-bond acceptors (Lipinski definition) is 6. The van der Waals surface area contributed by atoms with Gasteiger partial charge in [0.1, 0.15) is 11.5 Å². The molecule has 1 N–H and O–H groups in total. The third-order valence-electron chi connectivity index (χ3n) is 6.06. The van der Waals surface area contributed by atoms with Gasteiger partial charge in [-0.15, -0.1) is 0 Å². The molecule has 6 heteroatoms. The molecule has 0 saturated carbocycles. The van der Waals surface area contributed by atoms with E-state index in [0.717, 1.165) is 26.2 Å². The number of hydrogen-bond donors (Lipinski definition) is 1. The molecule has 5 rings (SSSR count). The molecule has 32 heavy (non-hydrogen) atoms. The number of carbonyl (C=O) groups excluding carboxylic acids is 1. The minimum atomic E-state index is -0.168. The zero-order valence-electron chi connectivity index (χ0n) is 18.0. The summed E-state index contributed by atoms with van der Waals surface area (Å²) in [5, 5.41) is 10.7. The van der Waals surface area contributed by atoms with Crippen LogP contribution < -0.4 is 9.64 Å². The number of anilines is 1. The lowest BCUT2D eigenvalue weighted by Crippen LogP contribution is -2.46. The molecule has 3 aromatic rings. The minimum Gasteiger partial charge on any atom is -0.507 e. The van der Waals surface area contributed by atoms with E-state index in [0.29, 0.717) is 34.7 Å². The van der Waals surface area contributed by atoms with Gasteiger partial charge in [-0.05, 0) is 42.8 Å². The van der Waals surface area contributed by atoms with E-state index in [9.17, 15) is 9.90 Å². The van der Waals surface area contributed by atoms with Crippen molar-refractivity contribution in [2.75, 3.05) is 31.1 Å². The van der Waals surface area contributed by atoms with Gasteiger partial charge >= 0.3 is 0 Å². The molecule has 0 aliphatic carbocycles. The number of benzene rings is 2. The van der Waals surface area contributed by atoms with Gasteiger partial charge in [0.2, 0.25) is 5.78 Å². The number of ketones is 1. The van der Waals surface area contributed by atoms with E-state index in [2.05, 4.69) is 39.0 Å². The second-order valence-electron chi connectivity index (χ2n) is 8.19. The van der Waals surface area contributed by atoms with E-state index < -0.39 is 0 Å². The maximum Gasteiger partial charge on any atom is 0.232 e. The fourth-order valence-corrected chi connectivity index (χ4v) is 4.36. The molecule has 3 heterocycles. The molecule has 1 fully saturated rings. The van der Waals surface area contributed by atoms with Crippen LogP contribution in [0.5, 0.6) is 11.5 Å². The topological polar surface area (TPSA) is 65.9 Å². The summed E-state index contributed by atoms with van der Waals surface area (Å²) >= 11 is 0. The number of pyridine rings is 1. The standard InChI is InChI=1S/C26H25N3O3/c1-18-15-22(30)21(17-28-11-13-29(14-12-28)20-8-3-2-4-9-20)26-24(18)25(31)23(32-26)16-19-7-5-6-10-27-19/h2-10,15-16,30H,11-14,17H2,1H3/b23-16-. The maximum absolute atomic E-state index is 13.1. The molecular weight excluding hydrogens is 402 g/mol. The third kappa shape index (κ3) is 3.85. The van der Waals surface area contributed by atoms with Gasteiger partial charge < -0.3 is 14.7 Å². The lowest BCUT2D eigenvalue weighted by molar-refractivity contribution is 0.101. The molecule has 2 aromatic carbocycles. The predicted molar refractivity (Wildman–Crippen MR) is 124 cm³/mol. The molecule has 1 aromatic heterocycles. The van der Waals surface area contributed by atoms with Gasteiger partial charge in [-0.3, -0.25) is 14.7 Å². The van der Waals surface area contributed by atoms with Crippen molar-refractivity contribution in [1.82, 2.24) is 9.88 Å². The number of rotatable bonds is 4. The van der Waals surface area contributed by atoms with E-state index in [1.165, 1.54) is 5.69 Å². The van der Waals surface area contributed by atoms with Crippen LogP contribution in [-0.4, -0.2) is 47.0 Å². The Balaban J connectivity index is 1.37. The number of carbonyl (C=O) groups is 1. The van der Waals surface area contributed by atoms with Gasteiger partial charge in [-0.25, -0.2) is 0 Å². The van der Waals surface area contributed by atoms with Crippen molar-refractivity contribution >= 4 is 17.5 Å². The summed E-state index contributed by atoms with van der Waals surface area (Å²) in [4.78, 5) is 22.0. The Bertz CT molecular complexity index is 1170. The average Bonchev–Trinajstić information content (AvgIpc) is 3.14. The molecular formula is C26H25N3O3. The molecule has 2 aliphatic rings. The number of phenolic OH excluding ortho intramolecular Hbond substituents is 1. The summed E-state index contributed by atoms with van der Waals surface area (Å²) in [6, 6.07) is 17.6. The summed E-state index contributed by atoms with van der Waals surface area (Å²) in [6.45, 7) is 5.89. The molecule has 0 amide bonds. The highest BCUT2D eigenvalue weighted by Crippen LogP contribution is 2.42. The molecule has 6 nitrogen and oxygen atoms in total. The third-order valence-corrected chi connectivity index (χ3v) is 6.06.